The van der Waals surface area contributed by atoms with Gasteiger partial charge in [-0.3, -0.25) is 9.69 Å². The average molecular weight is 225 g/mol. The van der Waals surface area contributed by atoms with Gasteiger partial charge in [0.15, 0.2) is 0 Å². The Balaban J connectivity index is 1.75. The largest absolute Gasteiger partial charge is 0.341 e. The summed E-state index contributed by atoms with van der Waals surface area (Å²) >= 11 is 0. The van der Waals surface area contributed by atoms with Crippen LogP contribution in [-0.4, -0.2) is 73.0 Å². The molecule has 0 aromatic heterocycles. The van der Waals surface area contributed by atoms with E-state index in [-0.39, 0.29) is 0 Å². The quantitative estimate of drug-likeness (QED) is 0.642. The molecule has 2 rings (SSSR count). The summed E-state index contributed by atoms with van der Waals surface area (Å²) in [6, 6.07) is 0.477. The summed E-state index contributed by atoms with van der Waals surface area (Å²) < 4.78 is 0. The van der Waals surface area contributed by atoms with Crippen LogP contribution in [0.5, 0.6) is 0 Å². The number of carbonyl (C=O) groups excluding carboxylic acids is 1. The fourth-order valence-corrected chi connectivity index (χ4v) is 2.78. The van der Waals surface area contributed by atoms with Crippen molar-refractivity contribution in [3.8, 4) is 0 Å². The summed E-state index contributed by atoms with van der Waals surface area (Å²) in [7, 11) is 0. The third kappa shape index (κ3) is 2.74. The zero-order valence-electron chi connectivity index (χ0n) is 10.3. The first-order valence-corrected chi connectivity index (χ1v) is 6.49. The summed E-state index contributed by atoms with van der Waals surface area (Å²) in [4.78, 5) is 17.8. The third-order valence-corrected chi connectivity index (χ3v) is 3.94. The molecular formula is C12H23N3O. The SMILES string of the molecule is CCN1CCN(CC2CCCN2C=O)CC1. The summed E-state index contributed by atoms with van der Waals surface area (Å²) in [6.07, 6.45) is 3.39. The second-order valence-electron chi connectivity index (χ2n) is 4.87. The van der Waals surface area contributed by atoms with Gasteiger partial charge in [-0.1, -0.05) is 6.92 Å². The number of nitrogens with zero attached hydrogens (tertiary/aromatic N) is 3. The van der Waals surface area contributed by atoms with E-state index in [0.29, 0.717) is 6.04 Å². The zero-order valence-corrected chi connectivity index (χ0v) is 10.3. The van der Waals surface area contributed by atoms with Crippen molar-refractivity contribution in [3.05, 3.63) is 0 Å². The molecule has 0 aliphatic carbocycles. The molecule has 0 N–H and O–H groups in total. The first-order chi connectivity index (χ1) is 7.83. The molecule has 92 valence electrons. The highest BCUT2D eigenvalue weighted by atomic mass is 16.1. The Bertz CT molecular complexity index is 226. The van der Waals surface area contributed by atoms with Crippen LogP contribution in [0.25, 0.3) is 0 Å². The Morgan fingerprint density at radius 1 is 1.12 bits per heavy atom. The van der Waals surface area contributed by atoms with Gasteiger partial charge in [0.1, 0.15) is 0 Å². The number of hydrogen-bond donors (Lipinski definition) is 0. The Kier molecular flexibility index (Phi) is 4.18. The van der Waals surface area contributed by atoms with E-state index in [1.807, 2.05) is 4.90 Å². The highest BCUT2D eigenvalue weighted by Crippen LogP contribution is 2.16. The maximum atomic E-state index is 10.9. The Morgan fingerprint density at radius 2 is 1.81 bits per heavy atom. The molecule has 4 heteroatoms. The molecule has 2 fully saturated rings. The van der Waals surface area contributed by atoms with E-state index in [2.05, 4.69) is 16.7 Å². The number of rotatable bonds is 4. The molecule has 0 aromatic rings. The standard InChI is InChI=1S/C12H23N3O/c1-2-13-6-8-14(9-7-13)10-12-4-3-5-15(12)11-16/h11-12H,2-10H2,1H3. The first-order valence-electron chi connectivity index (χ1n) is 6.49. The van der Waals surface area contributed by atoms with E-state index in [0.717, 1.165) is 39.1 Å². The second-order valence-corrected chi connectivity index (χ2v) is 4.87. The second kappa shape index (κ2) is 5.64. The van der Waals surface area contributed by atoms with Gasteiger partial charge in [-0.15, -0.1) is 0 Å². The van der Waals surface area contributed by atoms with Gasteiger partial charge in [0.25, 0.3) is 0 Å². The number of likely N-dealkylation sites (N-methyl/N-ethyl adjacent to an activating group) is 1. The van der Waals surface area contributed by atoms with Crippen molar-refractivity contribution in [3.63, 3.8) is 0 Å². The Labute approximate surface area is 98.2 Å². The lowest BCUT2D eigenvalue weighted by Gasteiger charge is -2.36. The lowest BCUT2D eigenvalue weighted by molar-refractivity contribution is -0.119. The highest BCUT2D eigenvalue weighted by Gasteiger charge is 2.26. The normalized spacial score (nSPS) is 28.6. The monoisotopic (exact) mass is 225 g/mol. The number of piperazine rings is 1. The summed E-state index contributed by atoms with van der Waals surface area (Å²) in [6.45, 7) is 10.1. The van der Waals surface area contributed by atoms with E-state index in [9.17, 15) is 4.79 Å². The van der Waals surface area contributed by atoms with E-state index in [1.165, 1.54) is 25.9 Å². The lowest BCUT2D eigenvalue weighted by Crippen LogP contribution is -2.50. The number of hydrogen-bond acceptors (Lipinski definition) is 3. The molecule has 0 radical (unpaired) electrons. The van der Waals surface area contributed by atoms with Gasteiger partial charge in [0, 0.05) is 45.3 Å². The molecule has 1 unspecified atom stereocenters. The van der Waals surface area contributed by atoms with Crippen molar-refractivity contribution >= 4 is 6.41 Å². The predicted molar refractivity (Wildman–Crippen MR) is 64.3 cm³/mol. The van der Waals surface area contributed by atoms with Crippen LogP contribution in [0.15, 0.2) is 0 Å². The van der Waals surface area contributed by atoms with Crippen molar-refractivity contribution < 1.29 is 4.79 Å². The van der Waals surface area contributed by atoms with Gasteiger partial charge in [-0.25, -0.2) is 0 Å². The summed E-state index contributed by atoms with van der Waals surface area (Å²) in [5.41, 5.74) is 0. The third-order valence-electron chi connectivity index (χ3n) is 3.94. The van der Waals surface area contributed by atoms with Gasteiger partial charge in [-0.2, -0.15) is 0 Å². The molecule has 2 saturated heterocycles. The minimum absolute atomic E-state index is 0.477. The van der Waals surface area contributed by atoms with Gasteiger partial charge in [-0.05, 0) is 19.4 Å². The van der Waals surface area contributed by atoms with E-state index in [1.54, 1.807) is 0 Å². The van der Waals surface area contributed by atoms with Crippen LogP contribution >= 0.6 is 0 Å². The van der Waals surface area contributed by atoms with Crippen molar-refractivity contribution in [1.82, 2.24) is 14.7 Å². The Morgan fingerprint density at radius 3 is 2.44 bits per heavy atom. The zero-order chi connectivity index (χ0) is 11.4. The molecule has 0 bridgehead atoms. The predicted octanol–water partition coefficient (Wildman–Crippen LogP) is 0.245. The van der Waals surface area contributed by atoms with Crippen LogP contribution in [-0.2, 0) is 4.79 Å². The van der Waals surface area contributed by atoms with E-state index in [4.69, 9.17) is 0 Å². The molecule has 0 aromatic carbocycles. The maximum Gasteiger partial charge on any atom is 0.209 e. The topological polar surface area (TPSA) is 26.8 Å². The molecule has 2 aliphatic rings. The molecule has 1 atom stereocenters. The maximum absolute atomic E-state index is 10.9. The smallest absolute Gasteiger partial charge is 0.209 e. The average Bonchev–Trinajstić information content (AvgIpc) is 2.77. The number of likely N-dealkylation sites (tertiary alicyclic amines) is 1. The van der Waals surface area contributed by atoms with Crippen molar-refractivity contribution in [2.45, 2.75) is 25.8 Å². The highest BCUT2D eigenvalue weighted by molar-refractivity contribution is 5.48. The fourth-order valence-electron chi connectivity index (χ4n) is 2.78. The van der Waals surface area contributed by atoms with Crippen LogP contribution in [0.1, 0.15) is 19.8 Å². The van der Waals surface area contributed by atoms with Crippen LogP contribution in [0, 0.1) is 0 Å². The van der Waals surface area contributed by atoms with Gasteiger partial charge < -0.3 is 9.80 Å². The van der Waals surface area contributed by atoms with Gasteiger partial charge in [0.05, 0.1) is 0 Å². The lowest BCUT2D eigenvalue weighted by atomic mass is 10.2. The molecule has 16 heavy (non-hydrogen) atoms. The van der Waals surface area contributed by atoms with Crippen LogP contribution in [0.4, 0.5) is 0 Å². The van der Waals surface area contributed by atoms with Crippen molar-refractivity contribution in [1.29, 1.82) is 0 Å². The minimum atomic E-state index is 0.477. The van der Waals surface area contributed by atoms with Crippen LogP contribution in [0.3, 0.4) is 0 Å². The van der Waals surface area contributed by atoms with Gasteiger partial charge >= 0.3 is 0 Å². The summed E-state index contributed by atoms with van der Waals surface area (Å²) in [5, 5.41) is 0. The Hall–Kier alpha value is -0.610. The van der Waals surface area contributed by atoms with Crippen LogP contribution < -0.4 is 0 Å². The van der Waals surface area contributed by atoms with Crippen molar-refractivity contribution in [2.24, 2.45) is 0 Å². The van der Waals surface area contributed by atoms with Crippen molar-refractivity contribution in [2.75, 3.05) is 45.8 Å². The van der Waals surface area contributed by atoms with E-state index < -0.39 is 0 Å². The molecule has 4 nitrogen and oxygen atoms in total. The first kappa shape index (κ1) is 11.9. The molecular weight excluding hydrogens is 202 g/mol. The molecule has 2 aliphatic heterocycles. The van der Waals surface area contributed by atoms with E-state index >= 15 is 0 Å². The number of amides is 1. The summed E-state index contributed by atoms with van der Waals surface area (Å²) in [5.74, 6) is 0. The van der Waals surface area contributed by atoms with Crippen LogP contribution in [0.2, 0.25) is 0 Å². The minimum Gasteiger partial charge on any atom is -0.341 e. The number of carbonyl (C=O) groups is 1. The molecule has 0 spiro atoms. The fraction of sp³-hybridized carbons (Fsp3) is 0.917. The van der Waals surface area contributed by atoms with Gasteiger partial charge in [0.2, 0.25) is 6.41 Å². The molecule has 2 heterocycles. The molecule has 0 saturated carbocycles. The molecule has 1 amide bonds.